The number of ether oxygens (including phenoxy) is 1. The zero-order chi connectivity index (χ0) is 23.2. The molecule has 0 saturated heterocycles. The van der Waals surface area contributed by atoms with Crippen LogP contribution >= 0.6 is 0 Å². The lowest BCUT2D eigenvalue weighted by Crippen LogP contribution is -2.44. The Morgan fingerprint density at radius 3 is 1.84 bits per heavy atom. The molecule has 6 heteroatoms. The summed E-state index contributed by atoms with van der Waals surface area (Å²) in [5.41, 5.74) is 0.356. The second kappa shape index (κ2) is 10.5. The van der Waals surface area contributed by atoms with Crippen molar-refractivity contribution in [3.05, 3.63) is 71.3 Å². The van der Waals surface area contributed by atoms with Crippen LogP contribution in [-0.2, 0) is 4.74 Å². The average Bonchev–Trinajstić information content (AvgIpc) is 2.67. The monoisotopic (exact) mass is 431 g/mol. The number of rotatable bonds is 8. The normalized spacial score (nSPS) is 13.5. The molecule has 4 nitrogen and oxygen atoms in total. The van der Waals surface area contributed by atoms with Gasteiger partial charge in [0.25, 0.3) is 5.91 Å². The maximum atomic E-state index is 13.2. The van der Waals surface area contributed by atoms with E-state index in [4.69, 9.17) is 4.74 Å². The van der Waals surface area contributed by atoms with Gasteiger partial charge in [-0.2, -0.15) is 0 Å². The molecule has 0 heterocycles. The van der Waals surface area contributed by atoms with Gasteiger partial charge in [-0.15, -0.1) is 0 Å². The lowest BCUT2D eigenvalue weighted by Gasteiger charge is -2.37. The van der Waals surface area contributed by atoms with Gasteiger partial charge in [0.1, 0.15) is 17.7 Å². The highest BCUT2D eigenvalue weighted by molar-refractivity contribution is 5.94. The van der Waals surface area contributed by atoms with E-state index in [1.165, 1.54) is 48.5 Å². The molecule has 31 heavy (non-hydrogen) atoms. The third-order valence-corrected chi connectivity index (χ3v) is 5.19. The molecule has 2 aromatic rings. The molecule has 0 aliphatic rings. The summed E-state index contributed by atoms with van der Waals surface area (Å²) in [5.74, 6) is -1.60. The van der Waals surface area contributed by atoms with Crippen LogP contribution < -0.4 is 5.32 Å². The highest BCUT2D eigenvalue weighted by atomic mass is 19.1. The highest BCUT2D eigenvalue weighted by Crippen LogP contribution is 2.33. The fourth-order valence-corrected chi connectivity index (χ4v) is 3.45. The van der Waals surface area contributed by atoms with Gasteiger partial charge in [-0.3, -0.25) is 4.79 Å². The number of hydrogen-bond acceptors (Lipinski definition) is 3. The molecule has 0 fully saturated rings. The molecule has 0 spiro atoms. The van der Waals surface area contributed by atoms with Gasteiger partial charge in [-0.05, 0) is 66.3 Å². The van der Waals surface area contributed by atoms with Crippen LogP contribution in [0.3, 0.4) is 0 Å². The number of benzene rings is 2. The molecular weight excluding hydrogens is 400 g/mol. The van der Waals surface area contributed by atoms with E-state index < -0.39 is 23.7 Å². The van der Waals surface area contributed by atoms with Crippen molar-refractivity contribution in [2.75, 3.05) is 6.54 Å². The molecule has 0 aliphatic heterocycles. The Morgan fingerprint density at radius 1 is 0.903 bits per heavy atom. The van der Waals surface area contributed by atoms with E-state index in [0.29, 0.717) is 12.0 Å². The van der Waals surface area contributed by atoms with Crippen molar-refractivity contribution in [1.82, 2.24) is 5.32 Å². The number of halogens is 2. The molecule has 0 aliphatic carbocycles. The molecule has 2 rings (SSSR count). The van der Waals surface area contributed by atoms with Gasteiger partial charge < -0.3 is 10.1 Å². The first kappa shape index (κ1) is 24.5. The van der Waals surface area contributed by atoms with Crippen molar-refractivity contribution in [1.29, 1.82) is 0 Å². The van der Waals surface area contributed by atoms with Gasteiger partial charge in [0, 0.05) is 18.0 Å². The van der Waals surface area contributed by atoms with Crippen LogP contribution in [0.1, 0.15) is 61.8 Å². The number of hydrogen-bond donors (Lipinski definition) is 1. The summed E-state index contributed by atoms with van der Waals surface area (Å²) >= 11 is 0. The first-order chi connectivity index (χ1) is 14.5. The molecule has 2 aromatic carbocycles. The van der Waals surface area contributed by atoms with E-state index in [1.54, 1.807) is 0 Å². The SMILES string of the molecule is CC(C)CC(OC(=O)c1ccc(F)cc1)C(CNC(=O)c1ccc(F)cc1)C(C)(C)C. The van der Waals surface area contributed by atoms with Crippen molar-refractivity contribution >= 4 is 11.9 Å². The number of amides is 1. The highest BCUT2D eigenvalue weighted by Gasteiger charge is 2.35. The Labute approximate surface area is 183 Å². The largest absolute Gasteiger partial charge is 0.458 e. The minimum absolute atomic E-state index is 0.177. The van der Waals surface area contributed by atoms with Gasteiger partial charge in [0.05, 0.1) is 5.56 Å². The zero-order valence-corrected chi connectivity index (χ0v) is 18.7. The van der Waals surface area contributed by atoms with Crippen molar-refractivity contribution in [3.8, 4) is 0 Å². The molecule has 168 valence electrons. The fraction of sp³-hybridized carbons (Fsp3) is 0.440. The average molecular weight is 432 g/mol. The second-order valence-electron chi connectivity index (χ2n) is 9.27. The Kier molecular flexibility index (Phi) is 8.31. The van der Waals surface area contributed by atoms with E-state index in [-0.39, 0.29) is 35.3 Å². The van der Waals surface area contributed by atoms with Gasteiger partial charge in [0.2, 0.25) is 0 Å². The molecule has 0 radical (unpaired) electrons. The first-order valence-corrected chi connectivity index (χ1v) is 10.5. The molecule has 0 bridgehead atoms. The molecule has 0 saturated carbocycles. The second-order valence-corrected chi connectivity index (χ2v) is 9.27. The minimum Gasteiger partial charge on any atom is -0.458 e. The van der Waals surface area contributed by atoms with Crippen molar-refractivity contribution in [2.24, 2.45) is 17.3 Å². The van der Waals surface area contributed by atoms with Crippen molar-refractivity contribution in [2.45, 2.75) is 47.1 Å². The van der Waals surface area contributed by atoms with Crippen LogP contribution in [-0.4, -0.2) is 24.5 Å². The van der Waals surface area contributed by atoms with Crippen LogP contribution in [0.25, 0.3) is 0 Å². The Balaban J connectivity index is 2.18. The summed E-state index contributed by atoms with van der Waals surface area (Å²) in [6.07, 6.45) is 0.160. The van der Waals surface area contributed by atoms with Gasteiger partial charge in [-0.25, -0.2) is 13.6 Å². The lowest BCUT2D eigenvalue weighted by molar-refractivity contribution is -0.0148. The Hall–Kier alpha value is -2.76. The standard InChI is InChI=1S/C25H31F2NO3/c1-16(2)14-22(31-24(30)18-8-12-20(27)13-9-18)21(25(3,4)5)15-28-23(29)17-6-10-19(26)11-7-17/h6-13,16,21-22H,14-15H2,1-5H3,(H,28,29). The third-order valence-electron chi connectivity index (χ3n) is 5.19. The topological polar surface area (TPSA) is 55.4 Å². The van der Waals surface area contributed by atoms with Crippen LogP contribution in [0, 0.1) is 28.9 Å². The number of carbonyl (C=O) groups is 2. The summed E-state index contributed by atoms with van der Waals surface area (Å²) in [4.78, 5) is 25.2. The smallest absolute Gasteiger partial charge is 0.338 e. The molecule has 0 aromatic heterocycles. The summed E-state index contributed by atoms with van der Waals surface area (Å²) in [6.45, 7) is 10.4. The van der Waals surface area contributed by atoms with Crippen LogP contribution in [0.15, 0.2) is 48.5 Å². The Morgan fingerprint density at radius 2 is 1.39 bits per heavy atom. The number of esters is 1. The summed E-state index contributed by atoms with van der Waals surface area (Å²) in [7, 11) is 0. The van der Waals surface area contributed by atoms with Crippen LogP contribution in [0.5, 0.6) is 0 Å². The van der Waals surface area contributed by atoms with E-state index in [1.807, 2.05) is 34.6 Å². The molecule has 2 atom stereocenters. The zero-order valence-electron chi connectivity index (χ0n) is 18.7. The predicted octanol–water partition coefficient (Wildman–Crippen LogP) is 5.63. The van der Waals surface area contributed by atoms with E-state index >= 15 is 0 Å². The number of carbonyl (C=O) groups excluding carboxylic acids is 2. The van der Waals surface area contributed by atoms with Gasteiger partial charge in [-0.1, -0.05) is 34.6 Å². The quantitative estimate of drug-likeness (QED) is 0.551. The number of nitrogens with one attached hydrogen (secondary N) is 1. The molecule has 2 unspecified atom stereocenters. The molecular formula is C25H31F2NO3. The predicted molar refractivity (Wildman–Crippen MR) is 117 cm³/mol. The molecule has 1 N–H and O–H groups in total. The Bertz CT molecular complexity index is 871. The fourth-order valence-electron chi connectivity index (χ4n) is 3.45. The lowest BCUT2D eigenvalue weighted by atomic mass is 9.75. The summed E-state index contributed by atoms with van der Waals surface area (Å²) in [5, 5.41) is 2.90. The van der Waals surface area contributed by atoms with E-state index in [0.717, 1.165) is 0 Å². The van der Waals surface area contributed by atoms with Crippen molar-refractivity contribution in [3.63, 3.8) is 0 Å². The van der Waals surface area contributed by atoms with E-state index in [2.05, 4.69) is 5.32 Å². The summed E-state index contributed by atoms with van der Waals surface area (Å²) < 4.78 is 32.2. The van der Waals surface area contributed by atoms with E-state index in [9.17, 15) is 18.4 Å². The third kappa shape index (κ3) is 7.46. The van der Waals surface area contributed by atoms with Crippen LogP contribution in [0.2, 0.25) is 0 Å². The van der Waals surface area contributed by atoms with Gasteiger partial charge >= 0.3 is 5.97 Å². The molecule has 1 amide bonds. The first-order valence-electron chi connectivity index (χ1n) is 10.5. The van der Waals surface area contributed by atoms with Crippen LogP contribution in [0.4, 0.5) is 8.78 Å². The van der Waals surface area contributed by atoms with Gasteiger partial charge in [0.15, 0.2) is 0 Å². The maximum absolute atomic E-state index is 13.2. The van der Waals surface area contributed by atoms with Crippen molar-refractivity contribution < 1.29 is 23.1 Å². The summed E-state index contributed by atoms with van der Waals surface area (Å²) in [6, 6.07) is 10.6. The maximum Gasteiger partial charge on any atom is 0.338 e. The minimum atomic E-state index is -0.523.